The van der Waals surface area contributed by atoms with Crippen molar-refractivity contribution in [2.45, 2.75) is 38.8 Å². The molecular formula is C18H20N2O4. The molecule has 0 aromatic heterocycles. The van der Waals surface area contributed by atoms with Gasteiger partial charge in [-0.2, -0.15) is 5.26 Å². The zero-order valence-corrected chi connectivity index (χ0v) is 13.7. The zero-order valence-electron chi connectivity index (χ0n) is 13.7. The Labute approximate surface area is 141 Å². The van der Waals surface area contributed by atoms with E-state index in [1.165, 1.54) is 13.0 Å². The van der Waals surface area contributed by atoms with Crippen LogP contribution < -0.4 is 10.1 Å². The maximum Gasteiger partial charge on any atom is 0.349 e. The minimum Gasteiger partial charge on any atom is -0.494 e. The first kappa shape index (κ1) is 17.5. The molecule has 1 aromatic rings. The number of esters is 1. The van der Waals surface area contributed by atoms with Crippen LogP contribution in [-0.4, -0.2) is 30.6 Å². The molecule has 1 aliphatic carbocycles. The Balaban J connectivity index is 1.99. The van der Waals surface area contributed by atoms with E-state index in [0.717, 1.165) is 12.8 Å². The Hall–Kier alpha value is -2.81. The SMILES string of the molecule is CCOc1ccc(/C=C(\C#N)C(=O)O[C@H](C)C(=O)NC2CC2)cc1. The number of benzene rings is 1. The van der Waals surface area contributed by atoms with Crippen molar-refractivity contribution in [3.63, 3.8) is 0 Å². The highest BCUT2D eigenvalue weighted by molar-refractivity contribution is 5.99. The van der Waals surface area contributed by atoms with E-state index >= 15 is 0 Å². The molecule has 2 rings (SSSR count). The number of nitriles is 1. The van der Waals surface area contributed by atoms with Crippen LogP contribution in [0.3, 0.4) is 0 Å². The summed E-state index contributed by atoms with van der Waals surface area (Å²) in [6.07, 6.45) is 2.39. The molecule has 1 amide bonds. The second kappa shape index (κ2) is 8.16. The van der Waals surface area contributed by atoms with Crippen LogP contribution in [0.15, 0.2) is 29.8 Å². The van der Waals surface area contributed by atoms with Gasteiger partial charge in [0.05, 0.1) is 6.61 Å². The first-order valence-corrected chi connectivity index (χ1v) is 7.89. The molecule has 1 aromatic carbocycles. The lowest BCUT2D eigenvalue weighted by atomic mass is 10.1. The van der Waals surface area contributed by atoms with E-state index in [9.17, 15) is 9.59 Å². The highest BCUT2D eigenvalue weighted by Gasteiger charge is 2.27. The van der Waals surface area contributed by atoms with Gasteiger partial charge in [0.1, 0.15) is 17.4 Å². The molecule has 1 N–H and O–H groups in total. The average molecular weight is 328 g/mol. The topological polar surface area (TPSA) is 88.4 Å². The largest absolute Gasteiger partial charge is 0.494 e. The van der Waals surface area contributed by atoms with E-state index in [0.29, 0.717) is 17.9 Å². The summed E-state index contributed by atoms with van der Waals surface area (Å²) in [4.78, 5) is 23.8. The number of rotatable bonds is 7. The Morgan fingerprint density at radius 2 is 2.04 bits per heavy atom. The van der Waals surface area contributed by atoms with Gasteiger partial charge in [0, 0.05) is 6.04 Å². The Kier molecular flexibility index (Phi) is 5.96. The van der Waals surface area contributed by atoms with E-state index in [-0.39, 0.29) is 17.5 Å². The normalized spacial score (nSPS) is 15.1. The maximum absolute atomic E-state index is 12.0. The van der Waals surface area contributed by atoms with Crippen LogP contribution in [-0.2, 0) is 14.3 Å². The smallest absolute Gasteiger partial charge is 0.349 e. The molecule has 6 nitrogen and oxygen atoms in total. The van der Waals surface area contributed by atoms with Gasteiger partial charge in [-0.1, -0.05) is 12.1 Å². The van der Waals surface area contributed by atoms with Crippen molar-refractivity contribution in [1.82, 2.24) is 5.32 Å². The van der Waals surface area contributed by atoms with E-state index < -0.39 is 12.1 Å². The van der Waals surface area contributed by atoms with Gasteiger partial charge in [0.25, 0.3) is 5.91 Å². The van der Waals surface area contributed by atoms with Crippen molar-refractivity contribution in [2.75, 3.05) is 6.61 Å². The summed E-state index contributed by atoms with van der Waals surface area (Å²) in [6.45, 7) is 3.94. The van der Waals surface area contributed by atoms with Crippen molar-refractivity contribution < 1.29 is 19.1 Å². The van der Waals surface area contributed by atoms with Crippen LogP contribution in [0, 0.1) is 11.3 Å². The van der Waals surface area contributed by atoms with Crippen molar-refractivity contribution in [3.8, 4) is 11.8 Å². The average Bonchev–Trinajstić information content (AvgIpc) is 3.38. The van der Waals surface area contributed by atoms with Crippen LogP contribution in [0.25, 0.3) is 6.08 Å². The Bertz CT molecular complexity index is 669. The van der Waals surface area contributed by atoms with Crippen molar-refractivity contribution in [2.24, 2.45) is 0 Å². The van der Waals surface area contributed by atoms with Gasteiger partial charge in [-0.05, 0) is 50.5 Å². The van der Waals surface area contributed by atoms with E-state index in [1.807, 2.05) is 13.0 Å². The second-order valence-electron chi connectivity index (χ2n) is 5.50. The third kappa shape index (κ3) is 5.13. The van der Waals surface area contributed by atoms with Crippen LogP contribution in [0.1, 0.15) is 32.3 Å². The van der Waals surface area contributed by atoms with E-state index in [1.54, 1.807) is 24.3 Å². The summed E-state index contributed by atoms with van der Waals surface area (Å²) < 4.78 is 10.4. The molecule has 6 heteroatoms. The number of nitrogens with zero attached hydrogens (tertiary/aromatic N) is 1. The Morgan fingerprint density at radius 3 is 2.58 bits per heavy atom. The number of hydrogen-bond donors (Lipinski definition) is 1. The summed E-state index contributed by atoms with van der Waals surface area (Å²) in [6, 6.07) is 8.97. The van der Waals surface area contributed by atoms with Crippen molar-refractivity contribution in [3.05, 3.63) is 35.4 Å². The monoisotopic (exact) mass is 328 g/mol. The predicted molar refractivity (Wildman–Crippen MR) is 87.9 cm³/mol. The summed E-state index contributed by atoms with van der Waals surface area (Å²) >= 11 is 0. The standard InChI is InChI=1S/C18H20N2O4/c1-3-23-16-8-4-13(5-9-16)10-14(11-19)18(22)24-12(2)17(21)20-15-6-7-15/h4-5,8-10,12,15H,3,6-7H2,1-2H3,(H,20,21)/b14-10+/t12-/m1/s1. The van der Waals surface area contributed by atoms with Crippen molar-refractivity contribution in [1.29, 1.82) is 5.26 Å². The number of nitrogens with one attached hydrogen (secondary N) is 1. The van der Waals surface area contributed by atoms with Gasteiger partial charge in [-0.15, -0.1) is 0 Å². The minimum atomic E-state index is -0.935. The molecule has 126 valence electrons. The van der Waals surface area contributed by atoms with E-state index in [2.05, 4.69) is 5.32 Å². The number of ether oxygens (including phenoxy) is 2. The molecule has 0 heterocycles. The van der Waals surface area contributed by atoms with Crippen LogP contribution in [0.4, 0.5) is 0 Å². The first-order chi connectivity index (χ1) is 11.5. The lowest BCUT2D eigenvalue weighted by molar-refractivity contribution is -0.150. The number of amides is 1. The van der Waals surface area contributed by atoms with Gasteiger partial charge in [0.2, 0.25) is 0 Å². The third-order valence-corrected chi connectivity index (χ3v) is 3.42. The molecule has 0 aliphatic heterocycles. The number of carbonyl (C=O) groups excluding carboxylic acids is 2. The molecule has 24 heavy (non-hydrogen) atoms. The summed E-state index contributed by atoms with van der Waals surface area (Å²) in [7, 11) is 0. The number of hydrogen-bond acceptors (Lipinski definition) is 5. The van der Waals surface area contributed by atoms with Crippen molar-refractivity contribution >= 4 is 18.0 Å². The molecule has 0 unspecified atom stereocenters. The van der Waals surface area contributed by atoms with Gasteiger partial charge >= 0.3 is 5.97 Å². The van der Waals surface area contributed by atoms with Gasteiger partial charge < -0.3 is 14.8 Å². The maximum atomic E-state index is 12.0. The van der Waals surface area contributed by atoms with Gasteiger partial charge in [-0.25, -0.2) is 4.79 Å². The van der Waals surface area contributed by atoms with E-state index in [4.69, 9.17) is 14.7 Å². The highest BCUT2D eigenvalue weighted by atomic mass is 16.5. The summed E-state index contributed by atoms with van der Waals surface area (Å²) in [5, 5.41) is 11.9. The molecule has 0 bridgehead atoms. The summed E-state index contributed by atoms with van der Waals surface area (Å²) in [5.74, 6) is -0.449. The summed E-state index contributed by atoms with van der Waals surface area (Å²) in [5.41, 5.74) is 0.507. The first-order valence-electron chi connectivity index (χ1n) is 7.89. The molecule has 0 radical (unpaired) electrons. The fourth-order valence-corrected chi connectivity index (χ4v) is 1.95. The zero-order chi connectivity index (χ0) is 17.5. The lowest BCUT2D eigenvalue weighted by Gasteiger charge is -2.12. The fraction of sp³-hybridized carbons (Fsp3) is 0.389. The van der Waals surface area contributed by atoms with Crippen LogP contribution >= 0.6 is 0 Å². The fourth-order valence-electron chi connectivity index (χ4n) is 1.95. The molecule has 1 aliphatic rings. The lowest BCUT2D eigenvalue weighted by Crippen LogP contribution is -2.37. The predicted octanol–water partition coefficient (Wildman–Crippen LogP) is 2.20. The Morgan fingerprint density at radius 1 is 1.38 bits per heavy atom. The molecule has 1 saturated carbocycles. The molecule has 1 atom stereocenters. The molecule has 0 spiro atoms. The van der Waals surface area contributed by atoms with Crippen LogP contribution in [0.5, 0.6) is 5.75 Å². The molecule has 0 saturated heterocycles. The van der Waals surface area contributed by atoms with Gasteiger partial charge in [-0.3, -0.25) is 4.79 Å². The second-order valence-corrected chi connectivity index (χ2v) is 5.50. The minimum absolute atomic E-state index is 0.162. The quantitative estimate of drug-likeness (QED) is 0.471. The highest BCUT2D eigenvalue weighted by Crippen LogP contribution is 2.19. The molecule has 1 fully saturated rings. The molecular weight excluding hydrogens is 308 g/mol. The van der Waals surface area contributed by atoms with Gasteiger partial charge in [0.15, 0.2) is 6.10 Å². The van der Waals surface area contributed by atoms with Crippen LogP contribution in [0.2, 0.25) is 0 Å². The number of carbonyl (C=O) groups is 2. The third-order valence-electron chi connectivity index (χ3n) is 3.42.